The Morgan fingerprint density at radius 1 is 1.71 bits per heavy atom. The Hall–Kier alpha value is -0.220. The molecule has 0 aliphatic carbocycles. The highest BCUT2D eigenvalue weighted by atomic mass is 32.2. The van der Waals surface area contributed by atoms with E-state index < -0.39 is 0 Å². The van der Waals surface area contributed by atoms with Crippen LogP contribution < -0.4 is 5.73 Å². The second-order valence-corrected chi connectivity index (χ2v) is 5.01. The van der Waals surface area contributed by atoms with Gasteiger partial charge in [0.2, 0.25) is 5.91 Å². The van der Waals surface area contributed by atoms with Crippen LogP contribution in [0, 0.1) is 0 Å². The predicted molar refractivity (Wildman–Crippen MR) is 61.4 cm³/mol. The lowest BCUT2D eigenvalue weighted by Crippen LogP contribution is -2.46. The predicted octanol–water partition coefficient (Wildman–Crippen LogP) is 1.08. The SMILES string of the molecule is CCC[C@@H](N)C(=O)N(C)C1CCSC1. The first kappa shape index (κ1) is 11.9. The van der Waals surface area contributed by atoms with Crippen molar-refractivity contribution in [1.29, 1.82) is 0 Å². The van der Waals surface area contributed by atoms with Crippen molar-refractivity contribution in [2.24, 2.45) is 5.73 Å². The van der Waals surface area contributed by atoms with Crippen LogP contribution in [0.5, 0.6) is 0 Å². The fraction of sp³-hybridized carbons (Fsp3) is 0.900. The zero-order valence-electron chi connectivity index (χ0n) is 9.03. The first-order chi connectivity index (χ1) is 6.66. The summed E-state index contributed by atoms with van der Waals surface area (Å²) in [4.78, 5) is 13.7. The molecule has 2 N–H and O–H groups in total. The molecule has 1 fully saturated rings. The molecule has 1 heterocycles. The normalized spacial score (nSPS) is 23.5. The van der Waals surface area contributed by atoms with Gasteiger partial charge in [-0.3, -0.25) is 4.79 Å². The summed E-state index contributed by atoms with van der Waals surface area (Å²) in [5, 5.41) is 0. The molecular weight excluding hydrogens is 196 g/mol. The second-order valence-electron chi connectivity index (χ2n) is 3.86. The molecule has 0 aromatic carbocycles. The highest BCUT2D eigenvalue weighted by molar-refractivity contribution is 7.99. The topological polar surface area (TPSA) is 46.3 Å². The summed E-state index contributed by atoms with van der Waals surface area (Å²) in [5.41, 5.74) is 5.80. The largest absolute Gasteiger partial charge is 0.341 e. The van der Waals surface area contributed by atoms with Crippen LogP contribution in [0.1, 0.15) is 26.2 Å². The number of hydrogen-bond donors (Lipinski definition) is 1. The Balaban J connectivity index is 2.42. The minimum absolute atomic E-state index is 0.111. The average molecular weight is 216 g/mol. The third kappa shape index (κ3) is 2.89. The highest BCUT2D eigenvalue weighted by Gasteiger charge is 2.26. The van der Waals surface area contributed by atoms with E-state index in [9.17, 15) is 4.79 Å². The van der Waals surface area contributed by atoms with E-state index >= 15 is 0 Å². The van der Waals surface area contributed by atoms with E-state index in [0.717, 1.165) is 25.0 Å². The molecule has 1 rings (SSSR count). The van der Waals surface area contributed by atoms with Crippen LogP contribution >= 0.6 is 11.8 Å². The standard InChI is InChI=1S/C10H20N2OS/c1-3-4-9(11)10(13)12(2)8-5-6-14-7-8/h8-9H,3-7,11H2,1-2H3/t8?,9-/m1/s1. The van der Waals surface area contributed by atoms with Crippen molar-refractivity contribution in [3.8, 4) is 0 Å². The number of rotatable bonds is 4. The number of carbonyl (C=O) groups excluding carboxylic acids is 1. The van der Waals surface area contributed by atoms with Crippen molar-refractivity contribution in [2.75, 3.05) is 18.6 Å². The van der Waals surface area contributed by atoms with E-state index in [-0.39, 0.29) is 11.9 Å². The van der Waals surface area contributed by atoms with Gasteiger partial charge in [-0.15, -0.1) is 0 Å². The Kier molecular flexibility index (Phi) is 4.75. The van der Waals surface area contributed by atoms with Gasteiger partial charge in [-0.05, 0) is 18.6 Å². The summed E-state index contributed by atoms with van der Waals surface area (Å²) in [6.45, 7) is 2.05. The summed E-state index contributed by atoms with van der Waals surface area (Å²) in [5.74, 6) is 2.35. The third-order valence-corrected chi connectivity index (χ3v) is 3.86. The van der Waals surface area contributed by atoms with Crippen LogP contribution in [-0.2, 0) is 4.79 Å². The number of hydrogen-bond acceptors (Lipinski definition) is 3. The lowest BCUT2D eigenvalue weighted by atomic mass is 10.1. The molecule has 0 bridgehead atoms. The zero-order valence-corrected chi connectivity index (χ0v) is 9.85. The molecule has 1 amide bonds. The fourth-order valence-corrected chi connectivity index (χ4v) is 2.97. The molecule has 14 heavy (non-hydrogen) atoms. The number of amides is 1. The van der Waals surface area contributed by atoms with Gasteiger partial charge in [-0.25, -0.2) is 0 Å². The first-order valence-electron chi connectivity index (χ1n) is 5.26. The van der Waals surface area contributed by atoms with Gasteiger partial charge in [0.1, 0.15) is 0 Å². The van der Waals surface area contributed by atoms with E-state index in [1.165, 1.54) is 5.75 Å². The summed E-state index contributed by atoms with van der Waals surface area (Å²) >= 11 is 1.92. The lowest BCUT2D eigenvalue weighted by Gasteiger charge is -2.26. The molecule has 4 heteroatoms. The Morgan fingerprint density at radius 2 is 2.43 bits per heavy atom. The van der Waals surface area contributed by atoms with E-state index in [2.05, 4.69) is 6.92 Å². The van der Waals surface area contributed by atoms with E-state index in [1.54, 1.807) is 0 Å². The van der Waals surface area contributed by atoms with Crippen molar-refractivity contribution >= 4 is 17.7 Å². The van der Waals surface area contributed by atoms with E-state index in [0.29, 0.717) is 6.04 Å². The minimum Gasteiger partial charge on any atom is -0.341 e. The quantitative estimate of drug-likeness (QED) is 0.765. The summed E-state index contributed by atoms with van der Waals surface area (Å²) < 4.78 is 0. The summed E-state index contributed by atoms with van der Waals surface area (Å²) in [7, 11) is 1.88. The van der Waals surface area contributed by atoms with Crippen molar-refractivity contribution in [2.45, 2.75) is 38.3 Å². The number of thioether (sulfide) groups is 1. The van der Waals surface area contributed by atoms with Crippen molar-refractivity contribution in [3.63, 3.8) is 0 Å². The van der Waals surface area contributed by atoms with Gasteiger partial charge < -0.3 is 10.6 Å². The number of likely N-dealkylation sites (N-methyl/N-ethyl adjacent to an activating group) is 1. The Labute approximate surface area is 90.4 Å². The van der Waals surface area contributed by atoms with Gasteiger partial charge in [-0.2, -0.15) is 11.8 Å². The zero-order chi connectivity index (χ0) is 10.6. The maximum atomic E-state index is 11.8. The van der Waals surface area contributed by atoms with Gasteiger partial charge >= 0.3 is 0 Å². The highest BCUT2D eigenvalue weighted by Crippen LogP contribution is 2.21. The monoisotopic (exact) mass is 216 g/mol. The first-order valence-corrected chi connectivity index (χ1v) is 6.42. The third-order valence-electron chi connectivity index (χ3n) is 2.72. The van der Waals surface area contributed by atoms with Crippen molar-refractivity contribution < 1.29 is 4.79 Å². The Morgan fingerprint density at radius 3 is 2.93 bits per heavy atom. The molecule has 0 aromatic heterocycles. The van der Waals surface area contributed by atoms with E-state index in [4.69, 9.17) is 5.73 Å². The van der Waals surface area contributed by atoms with Crippen LogP contribution in [0.25, 0.3) is 0 Å². The molecule has 1 aliphatic rings. The van der Waals surface area contributed by atoms with Crippen molar-refractivity contribution in [3.05, 3.63) is 0 Å². The molecule has 82 valence electrons. The Bertz CT molecular complexity index is 193. The molecule has 0 aromatic rings. The molecular formula is C10H20N2OS. The van der Waals surface area contributed by atoms with Crippen LogP contribution in [0.4, 0.5) is 0 Å². The fourth-order valence-electron chi connectivity index (χ4n) is 1.70. The van der Waals surface area contributed by atoms with Crippen molar-refractivity contribution in [1.82, 2.24) is 4.90 Å². The minimum atomic E-state index is -0.296. The van der Waals surface area contributed by atoms with Gasteiger partial charge in [-0.1, -0.05) is 13.3 Å². The van der Waals surface area contributed by atoms with Crippen LogP contribution in [-0.4, -0.2) is 41.4 Å². The van der Waals surface area contributed by atoms with Gasteiger partial charge in [0.05, 0.1) is 6.04 Å². The smallest absolute Gasteiger partial charge is 0.239 e. The number of carbonyl (C=O) groups is 1. The number of nitrogens with zero attached hydrogens (tertiary/aromatic N) is 1. The van der Waals surface area contributed by atoms with Gasteiger partial charge in [0.25, 0.3) is 0 Å². The van der Waals surface area contributed by atoms with Crippen LogP contribution in [0.15, 0.2) is 0 Å². The lowest BCUT2D eigenvalue weighted by molar-refractivity contribution is -0.133. The van der Waals surface area contributed by atoms with Gasteiger partial charge in [0, 0.05) is 18.8 Å². The van der Waals surface area contributed by atoms with Crippen LogP contribution in [0.2, 0.25) is 0 Å². The summed E-state index contributed by atoms with van der Waals surface area (Å²) in [6, 6.07) is 0.117. The molecule has 1 saturated heterocycles. The van der Waals surface area contributed by atoms with Gasteiger partial charge in [0.15, 0.2) is 0 Å². The second kappa shape index (κ2) is 5.61. The maximum absolute atomic E-state index is 11.8. The van der Waals surface area contributed by atoms with Crippen LogP contribution in [0.3, 0.4) is 0 Å². The molecule has 2 atom stereocenters. The number of nitrogens with two attached hydrogens (primary N) is 1. The molecule has 0 spiro atoms. The average Bonchev–Trinajstić information content (AvgIpc) is 2.68. The van der Waals surface area contributed by atoms with E-state index in [1.807, 2.05) is 23.7 Å². The molecule has 0 saturated carbocycles. The summed E-state index contributed by atoms with van der Waals surface area (Å²) in [6.07, 6.45) is 2.88. The maximum Gasteiger partial charge on any atom is 0.239 e. The molecule has 3 nitrogen and oxygen atoms in total. The molecule has 1 unspecified atom stereocenters. The molecule has 0 radical (unpaired) electrons. The molecule has 1 aliphatic heterocycles.